The van der Waals surface area contributed by atoms with E-state index in [1.165, 1.54) is 18.9 Å². The highest BCUT2D eigenvalue weighted by Crippen LogP contribution is 2.30. The van der Waals surface area contributed by atoms with E-state index >= 15 is 0 Å². The van der Waals surface area contributed by atoms with Crippen molar-refractivity contribution in [3.63, 3.8) is 0 Å². The summed E-state index contributed by atoms with van der Waals surface area (Å²) in [5.41, 5.74) is 0.471. The molecule has 0 amide bonds. The van der Waals surface area contributed by atoms with Gasteiger partial charge >= 0.3 is 0 Å². The van der Waals surface area contributed by atoms with Gasteiger partial charge in [-0.05, 0) is 30.9 Å². The molecule has 0 aliphatic heterocycles. The van der Waals surface area contributed by atoms with Crippen molar-refractivity contribution >= 4 is 27.3 Å². The van der Waals surface area contributed by atoms with E-state index in [1.54, 1.807) is 12.1 Å². The second-order valence-electron chi connectivity index (χ2n) is 4.91. The first-order valence-corrected chi connectivity index (χ1v) is 7.23. The van der Waals surface area contributed by atoms with E-state index in [9.17, 15) is 15.2 Å². The van der Waals surface area contributed by atoms with Crippen LogP contribution in [0.4, 0.5) is 11.4 Å². The minimum Gasteiger partial charge on any atom is -0.391 e. The Bertz CT molecular complexity index is 461. The molecule has 1 aromatic carbocycles. The number of nitro benzene ring substituents is 1. The Kier molecular flexibility index (Phi) is 4.76. The molecule has 2 rings (SSSR count). The first kappa shape index (κ1) is 14.3. The molecule has 1 unspecified atom stereocenters. The Hall–Kier alpha value is -1.14. The molecular weight excluding hydrogens is 312 g/mol. The van der Waals surface area contributed by atoms with Crippen LogP contribution in [0.5, 0.6) is 0 Å². The third-order valence-electron chi connectivity index (χ3n) is 3.60. The summed E-state index contributed by atoms with van der Waals surface area (Å²) < 4.78 is 0.668. The van der Waals surface area contributed by atoms with Crippen LogP contribution >= 0.6 is 15.9 Å². The molecule has 1 atom stereocenters. The summed E-state index contributed by atoms with van der Waals surface area (Å²) in [5, 5.41) is 24.0. The largest absolute Gasteiger partial charge is 0.391 e. The summed E-state index contributed by atoms with van der Waals surface area (Å²) in [7, 11) is 0. The lowest BCUT2D eigenvalue weighted by molar-refractivity contribution is -0.384. The normalized spacial score (nSPS) is 17.4. The smallest absolute Gasteiger partial charge is 0.293 e. The first-order chi connectivity index (χ1) is 9.08. The van der Waals surface area contributed by atoms with Crippen LogP contribution in [0.3, 0.4) is 0 Å². The van der Waals surface area contributed by atoms with Crippen LogP contribution in [0, 0.1) is 16.0 Å². The topological polar surface area (TPSA) is 75.4 Å². The highest BCUT2D eigenvalue weighted by atomic mass is 79.9. The molecule has 0 spiro atoms. The van der Waals surface area contributed by atoms with Gasteiger partial charge in [-0.15, -0.1) is 0 Å². The molecule has 19 heavy (non-hydrogen) atoms. The molecule has 0 radical (unpaired) electrons. The third kappa shape index (κ3) is 3.67. The minimum absolute atomic E-state index is 0.0213. The molecule has 2 N–H and O–H groups in total. The zero-order valence-corrected chi connectivity index (χ0v) is 12.1. The average molecular weight is 329 g/mol. The van der Waals surface area contributed by atoms with Crippen molar-refractivity contribution < 1.29 is 10.0 Å². The molecule has 5 nitrogen and oxygen atoms in total. The maximum Gasteiger partial charge on any atom is 0.293 e. The molecule has 104 valence electrons. The van der Waals surface area contributed by atoms with Gasteiger partial charge in [0, 0.05) is 17.1 Å². The first-order valence-electron chi connectivity index (χ1n) is 6.44. The quantitative estimate of drug-likeness (QED) is 0.642. The van der Waals surface area contributed by atoms with Crippen LogP contribution in [-0.4, -0.2) is 22.7 Å². The number of nitrogens with one attached hydrogen (secondary N) is 1. The molecule has 0 heterocycles. The van der Waals surface area contributed by atoms with Crippen LogP contribution in [0.1, 0.15) is 25.7 Å². The molecular formula is C13H17BrN2O3. The summed E-state index contributed by atoms with van der Waals surface area (Å²) in [6.45, 7) is 0.354. The zero-order valence-electron chi connectivity index (χ0n) is 10.5. The maximum atomic E-state index is 11.0. The molecule has 0 aromatic heterocycles. The second kappa shape index (κ2) is 6.34. The van der Waals surface area contributed by atoms with E-state index in [0.717, 1.165) is 12.8 Å². The maximum absolute atomic E-state index is 11.0. The van der Waals surface area contributed by atoms with Crippen molar-refractivity contribution in [1.29, 1.82) is 0 Å². The minimum atomic E-state index is -0.439. The summed E-state index contributed by atoms with van der Waals surface area (Å²) in [4.78, 5) is 10.5. The number of hydrogen-bond acceptors (Lipinski definition) is 4. The standard InChI is InChI=1S/C13H17BrN2O3/c14-10-5-6-11(12(7-10)16(18)19)15-8-13(17)9-3-1-2-4-9/h5-7,9,13,15,17H,1-4,8H2. The van der Waals surface area contributed by atoms with Crippen LogP contribution in [0.2, 0.25) is 0 Å². The summed E-state index contributed by atoms with van der Waals surface area (Å²) >= 11 is 3.22. The Labute approximate surface area is 120 Å². The lowest BCUT2D eigenvalue weighted by Crippen LogP contribution is -2.26. The van der Waals surface area contributed by atoms with Gasteiger partial charge < -0.3 is 10.4 Å². The molecule has 1 aliphatic rings. The van der Waals surface area contributed by atoms with Crippen LogP contribution in [0.25, 0.3) is 0 Å². The van der Waals surface area contributed by atoms with Crippen LogP contribution in [0.15, 0.2) is 22.7 Å². The van der Waals surface area contributed by atoms with Crippen LogP contribution in [-0.2, 0) is 0 Å². The molecule has 1 aromatic rings. The van der Waals surface area contributed by atoms with Gasteiger partial charge in [0.25, 0.3) is 5.69 Å². The van der Waals surface area contributed by atoms with Crippen molar-refractivity contribution in [2.75, 3.05) is 11.9 Å². The number of nitrogens with zero attached hydrogens (tertiary/aromatic N) is 1. The molecule has 1 fully saturated rings. The highest BCUT2D eigenvalue weighted by molar-refractivity contribution is 9.10. The lowest BCUT2D eigenvalue weighted by Gasteiger charge is -2.18. The lowest BCUT2D eigenvalue weighted by atomic mass is 10.0. The SMILES string of the molecule is O=[N+]([O-])c1cc(Br)ccc1NCC(O)C1CCCC1. The number of hydrogen-bond donors (Lipinski definition) is 2. The van der Waals surface area contributed by atoms with Gasteiger partial charge in [-0.1, -0.05) is 28.8 Å². The van der Waals surface area contributed by atoms with Gasteiger partial charge in [-0.25, -0.2) is 0 Å². The third-order valence-corrected chi connectivity index (χ3v) is 4.10. The predicted octanol–water partition coefficient (Wildman–Crippen LogP) is 3.32. The number of nitro groups is 1. The number of aliphatic hydroxyl groups excluding tert-OH is 1. The molecule has 1 saturated carbocycles. The highest BCUT2D eigenvalue weighted by Gasteiger charge is 2.23. The van der Waals surface area contributed by atoms with Gasteiger partial charge in [0.1, 0.15) is 5.69 Å². The van der Waals surface area contributed by atoms with E-state index < -0.39 is 11.0 Å². The van der Waals surface area contributed by atoms with Crippen molar-refractivity contribution in [2.45, 2.75) is 31.8 Å². The van der Waals surface area contributed by atoms with E-state index in [2.05, 4.69) is 21.2 Å². The van der Waals surface area contributed by atoms with Crippen molar-refractivity contribution in [3.05, 3.63) is 32.8 Å². The van der Waals surface area contributed by atoms with Gasteiger partial charge in [-0.2, -0.15) is 0 Å². The average Bonchev–Trinajstić information content (AvgIpc) is 2.90. The van der Waals surface area contributed by atoms with E-state index in [1.807, 2.05) is 0 Å². The monoisotopic (exact) mass is 328 g/mol. The fourth-order valence-electron chi connectivity index (χ4n) is 2.53. The molecule has 0 saturated heterocycles. The molecule has 0 bridgehead atoms. The van der Waals surface area contributed by atoms with E-state index in [0.29, 0.717) is 22.6 Å². The summed E-state index contributed by atoms with van der Waals surface area (Å²) in [6.07, 6.45) is 3.99. The number of benzene rings is 1. The number of anilines is 1. The fourth-order valence-corrected chi connectivity index (χ4v) is 2.88. The Morgan fingerprint density at radius 3 is 2.79 bits per heavy atom. The van der Waals surface area contributed by atoms with Crippen LogP contribution < -0.4 is 5.32 Å². The van der Waals surface area contributed by atoms with Crippen molar-refractivity contribution in [2.24, 2.45) is 5.92 Å². The van der Waals surface area contributed by atoms with Gasteiger partial charge in [0.05, 0.1) is 11.0 Å². The molecule has 1 aliphatic carbocycles. The number of halogens is 1. The Morgan fingerprint density at radius 1 is 1.47 bits per heavy atom. The van der Waals surface area contributed by atoms with Gasteiger partial charge in [-0.3, -0.25) is 10.1 Å². The van der Waals surface area contributed by atoms with E-state index in [4.69, 9.17) is 0 Å². The summed E-state index contributed by atoms with van der Waals surface area (Å²) in [6, 6.07) is 4.87. The Balaban J connectivity index is 2.00. The van der Waals surface area contributed by atoms with E-state index in [-0.39, 0.29) is 5.69 Å². The number of rotatable bonds is 5. The number of aliphatic hydroxyl groups is 1. The zero-order chi connectivity index (χ0) is 13.8. The van der Waals surface area contributed by atoms with Crippen molar-refractivity contribution in [3.8, 4) is 0 Å². The fraction of sp³-hybridized carbons (Fsp3) is 0.538. The molecule has 6 heteroatoms. The second-order valence-corrected chi connectivity index (χ2v) is 5.83. The summed E-state index contributed by atoms with van der Waals surface area (Å²) in [5.74, 6) is 0.321. The van der Waals surface area contributed by atoms with Crippen molar-refractivity contribution in [1.82, 2.24) is 0 Å². The van der Waals surface area contributed by atoms with Gasteiger partial charge in [0.2, 0.25) is 0 Å². The predicted molar refractivity (Wildman–Crippen MR) is 77.3 cm³/mol. The van der Waals surface area contributed by atoms with Gasteiger partial charge in [0.15, 0.2) is 0 Å². The Morgan fingerprint density at radius 2 is 2.16 bits per heavy atom.